The molecular weight excluding hydrogens is 625 g/mol. The second-order valence-corrected chi connectivity index (χ2v) is 13.3. The molecule has 0 amide bonds. The van der Waals surface area contributed by atoms with Gasteiger partial charge in [-0.2, -0.15) is 0 Å². The first kappa shape index (κ1) is 28.1. The molecule has 4 nitrogen and oxygen atoms in total. The zero-order valence-electron chi connectivity index (χ0n) is 27.4. The number of ether oxygens (including phenoxy) is 2. The number of hydrogen-bond acceptors (Lipinski definition) is 4. The Morgan fingerprint density at radius 1 is 0.333 bits per heavy atom. The van der Waals surface area contributed by atoms with Crippen molar-refractivity contribution in [2.45, 2.75) is 5.41 Å². The first-order valence-corrected chi connectivity index (χ1v) is 17.2. The Labute approximate surface area is 295 Å². The SMILES string of the molecule is c1ccc(-c2cc(-c3ccc4c(c3)C3(c5ccccc5-c5ccccc53)c3cc5c(cc3-4)Oc3ccccc3O5)nc(-c3ccccc3)n2)cc1. The lowest BCUT2D eigenvalue weighted by Crippen LogP contribution is -2.26. The van der Waals surface area contributed by atoms with Gasteiger partial charge in [0.15, 0.2) is 28.8 Å². The maximum atomic E-state index is 6.54. The van der Waals surface area contributed by atoms with Crippen LogP contribution in [0.3, 0.4) is 0 Å². The van der Waals surface area contributed by atoms with Crippen molar-refractivity contribution in [3.8, 4) is 79.2 Å². The predicted octanol–water partition coefficient (Wildman–Crippen LogP) is 11.7. The van der Waals surface area contributed by atoms with Crippen molar-refractivity contribution >= 4 is 0 Å². The van der Waals surface area contributed by atoms with Crippen LogP contribution in [0, 0.1) is 0 Å². The Morgan fingerprint density at radius 2 is 0.843 bits per heavy atom. The molecule has 0 bridgehead atoms. The van der Waals surface area contributed by atoms with Gasteiger partial charge in [-0.1, -0.05) is 133 Å². The summed E-state index contributed by atoms with van der Waals surface area (Å²) in [5, 5.41) is 0. The molecule has 51 heavy (non-hydrogen) atoms. The second-order valence-electron chi connectivity index (χ2n) is 13.3. The summed E-state index contributed by atoms with van der Waals surface area (Å²) in [4.78, 5) is 10.3. The van der Waals surface area contributed by atoms with Crippen molar-refractivity contribution in [3.05, 3.63) is 192 Å². The summed E-state index contributed by atoms with van der Waals surface area (Å²) in [5.74, 6) is 3.57. The van der Waals surface area contributed by atoms with E-state index in [2.05, 4.69) is 121 Å². The largest absolute Gasteiger partial charge is 0.450 e. The Balaban J connectivity index is 1.18. The van der Waals surface area contributed by atoms with E-state index >= 15 is 0 Å². The standard InChI is InChI=1S/C47H28N2O2/c1-3-13-29(14-4-1)40-28-41(49-46(48-40)30-15-5-2-6-16-30)31-23-24-34-35-26-44-45(51-43-22-12-11-21-42(43)50-44)27-39(35)47(38(34)25-31)36-19-9-7-17-32(36)33-18-8-10-20-37(33)47/h1-28H. The maximum absolute atomic E-state index is 6.54. The summed E-state index contributed by atoms with van der Waals surface area (Å²) in [6.45, 7) is 0. The summed E-state index contributed by atoms with van der Waals surface area (Å²) >= 11 is 0. The number of fused-ring (bicyclic) bond motifs is 12. The first-order chi connectivity index (χ1) is 25.3. The third kappa shape index (κ3) is 4.02. The van der Waals surface area contributed by atoms with Gasteiger partial charge in [0.2, 0.25) is 0 Å². The van der Waals surface area contributed by atoms with Gasteiger partial charge in [0.1, 0.15) is 0 Å². The molecule has 1 spiro atoms. The first-order valence-electron chi connectivity index (χ1n) is 17.2. The lowest BCUT2D eigenvalue weighted by atomic mass is 9.70. The van der Waals surface area contributed by atoms with Gasteiger partial charge >= 0.3 is 0 Å². The Kier molecular flexibility index (Phi) is 5.84. The fraction of sp³-hybridized carbons (Fsp3) is 0.0213. The fourth-order valence-corrected chi connectivity index (χ4v) is 8.39. The van der Waals surface area contributed by atoms with E-state index in [4.69, 9.17) is 19.4 Å². The molecule has 0 radical (unpaired) electrons. The van der Waals surface area contributed by atoms with Crippen LogP contribution in [-0.2, 0) is 5.41 Å². The van der Waals surface area contributed by atoms with Crippen LogP contribution in [0.4, 0.5) is 0 Å². The third-order valence-corrected chi connectivity index (χ3v) is 10.6. The van der Waals surface area contributed by atoms with Crippen molar-refractivity contribution in [1.29, 1.82) is 0 Å². The van der Waals surface area contributed by atoms with Gasteiger partial charge in [0, 0.05) is 16.7 Å². The van der Waals surface area contributed by atoms with Crippen LogP contribution in [0.1, 0.15) is 22.3 Å². The minimum absolute atomic E-state index is 0.569. The average molecular weight is 653 g/mol. The predicted molar refractivity (Wildman–Crippen MR) is 201 cm³/mol. The number of rotatable bonds is 3. The van der Waals surface area contributed by atoms with Crippen molar-refractivity contribution in [2.75, 3.05) is 0 Å². The van der Waals surface area contributed by atoms with Crippen LogP contribution in [0.15, 0.2) is 170 Å². The van der Waals surface area contributed by atoms with Crippen molar-refractivity contribution in [3.63, 3.8) is 0 Å². The van der Waals surface area contributed by atoms with E-state index in [-0.39, 0.29) is 0 Å². The molecule has 2 aliphatic carbocycles. The van der Waals surface area contributed by atoms with Crippen LogP contribution < -0.4 is 9.47 Å². The summed E-state index contributed by atoms with van der Waals surface area (Å²) in [5.41, 5.74) is 14.0. The summed E-state index contributed by atoms with van der Waals surface area (Å²) < 4.78 is 13.0. The van der Waals surface area contributed by atoms with Gasteiger partial charge in [-0.05, 0) is 80.9 Å². The zero-order chi connectivity index (χ0) is 33.5. The van der Waals surface area contributed by atoms with Gasteiger partial charge < -0.3 is 9.47 Å². The molecule has 238 valence electrons. The van der Waals surface area contributed by atoms with Crippen LogP contribution in [-0.4, -0.2) is 9.97 Å². The van der Waals surface area contributed by atoms with E-state index in [0.717, 1.165) is 56.6 Å². The quantitative estimate of drug-likeness (QED) is 0.191. The molecule has 0 saturated carbocycles. The molecule has 1 aromatic heterocycles. The van der Waals surface area contributed by atoms with Gasteiger partial charge in [-0.25, -0.2) is 9.97 Å². The highest BCUT2D eigenvalue weighted by molar-refractivity contribution is 5.97. The minimum atomic E-state index is -0.569. The zero-order valence-corrected chi connectivity index (χ0v) is 27.4. The molecule has 3 aliphatic rings. The molecule has 0 fully saturated rings. The number of aromatic nitrogens is 2. The van der Waals surface area contributed by atoms with Crippen LogP contribution in [0.25, 0.3) is 56.2 Å². The molecule has 8 aromatic rings. The van der Waals surface area contributed by atoms with Crippen molar-refractivity contribution < 1.29 is 9.47 Å². The third-order valence-electron chi connectivity index (χ3n) is 10.6. The van der Waals surface area contributed by atoms with E-state index < -0.39 is 5.41 Å². The maximum Gasteiger partial charge on any atom is 0.170 e. The summed E-state index contributed by atoms with van der Waals surface area (Å²) in [6, 6.07) is 59.4. The van der Waals surface area contributed by atoms with Crippen LogP contribution >= 0.6 is 0 Å². The summed E-state index contributed by atoms with van der Waals surface area (Å²) in [7, 11) is 0. The Bertz CT molecular complexity index is 2600. The van der Waals surface area contributed by atoms with E-state index in [1.54, 1.807) is 0 Å². The average Bonchev–Trinajstić information content (AvgIpc) is 3.66. The molecule has 11 rings (SSSR count). The van der Waals surface area contributed by atoms with Crippen LogP contribution in [0.2, 0.25) is 0 Å². The van der Waals surface area contributed by atoms with E-state index in [1.807, 2.05) is 48.5 Å². The number of hydrogen-bond donors (Lipinski definition) is 0. The minimum Gasteiger partial charge on any atom is -0.450 e. The van der Waals surface area contributed by atoms with Crippen molar-refractivity contribution in [2.24, 2.45) is 0 Å². The van der Waals surface area contributed by atoms with Gasteiger partial charge in [0.25, 0.3) is 0 Å². The molecule has 2 heterocycles. The molecule has 7 aromatic carbocycles. The van der Waals surface area contributed by atoms with Crippen molar-refractivity contribution in [1.82, 2.24) is 9.97 Å². The molecular formula is C47H28N2O2. The van der Waals surface area contributed by atoms with Gasteiger partial charge in [-0.3, -0.25) is 0 Å². The number of nitrogens with zero attached hydrogens (tertiary/aromatic N) is 2. The van der Waals surface area contributed by atoms with Crippen LogP contribution in [0.5, 0.6) is 23.0 Å². The topological polar surface area (TPSA) is 44.2 Å². The summed E-state index contributed by atoms with van der Waals surface area (Å²) in [6.07, 6.45) is 0. The molecule has 0 atom stereocenters. The number of benzene rings is 7. The second kappa shape index (κ2) is 10.6. The molecule has 0 unspecified atom stereocenters. The highest BCUT2D eigenvalue weighted by atomic mass is 16.6. The number of para-hydroxylation sites is 2. The Hall–Kier alpha value is -6.78. The lowest BCUT2D eigenvalue weighted by Gasteiger charge is -2.31. The molecule has 0 saturated heterocycles. The highest BCUT2D eigenvalue weighted by Crippen LogP contribution is 2.65. The fourth-order valence-electron chi connectivity index (χ4n) is 8.39. The van der Waals surface area contributed by atoms with E-state index in [0.29, 0.717) is 5.82 Å². The monoisotopic (exact) mass is 652 g/mol. The van der Waals surface area contributed by atoms with E-state index in [9.17, 15) is 0 Å². The molecule has 0 N–H and O–H groups in total. The van der Waals surface area contributed by atoms with Gasteiger partial charge in [0.05, 0.1) is 16.8 Å². The van der Waals surface area contributed by atoms with E-state index in [1.165, 1.54) is 38.9 Å². The molecule has 1 aliphatic heterocycles. The smallest absolute Gasteiger partial charge is 0.170 e. The lowest BCUT2D eigenvalue weighted by molar-refractivity contribution is 0.359. The highest BCUT2D eigenvalue weighted by Gasteiger charge is 2.52. The molecule has 4 heteroatoms. The van der Waals surface area contributed by atoms with Gasteiger partial charge in [-0.15, -0.1) is 0 Å². The normalized spacial score (nSPS) is 13.6. The Morgan fingerprint density at radius 3 is 1.51 bits per heavy atom.